The van der Waals surface area contributed by atoms with Crippen molar-refractivity contribution in [1.82, 2.24) is 4.98 Å². The Morgan fingerprint density at radius 1 is 1.54 bits per heavy atom. The van der Waals surface area contributed by atoms with E-state index in [2.05, 4.69) is 9.98 Å². The maximum atomic E-state index is 5.29. The second-order valence-electron chi connectivity index (χ2n) is 2.63. The van der Waals surface area contributed by atoms with Gasteiger partial charge in [-0.1, -0.05) is 6.07 Å². The summed E-state index contributed by atoms with van der Waals surface area (Å²) in [6.45, 7) is 1.95. The molecular weight excluding hydrogens is 162 g/mol. The minimum Gasteiger partial charge on any atom is -0.405 e. The van der Waals surface area contributed by atoms with Gasteiger partial charge in [0.05, 0.1) is 11.4 Å². The van der Waals surface area contributed by atoms with Crippen molar-refractivity contribution in [3.63, 3.8) is 0 Å². The fourth-order valence-electron chi connectivity index (χ4n) is 1.05. The van der Waals surface area contributed by atoms with Crippen LogP contribution in [0.2, 0.25) is 0 Å². The SMILES string of the molecule is CN=C(C=CN)c1cccc(C)n1. The molecule has 0 atom stereocenters. The summed E-state index contributed by atoms with van der Waals surface area (Å²) in [4.78, 5) is 8.40. The molecule has 0 aliphatic rings. The van der Waals surface area contributed by atoms with E-state index < -0.39 is 0 Å². The van der Waals surface area contributed by atoms with Gasteiger partial charge in [-0.3, -0.25) is 9.98 Å². The van der Waals surface area contributed by atoms with E-state index in [1.165, 1.54) is 6.20 Å². The summed E-state index contributed by atoms with van der Waals surface area (Å²) in [5.41, 5.74) is 7.92. The van der Waals surface area contributed by atoms with Crippen LogP contribution in [0.3, 0.4) is 0 Å². The first-order chi connectivity index (χ1) is 6.27. The molecule has 0 saturated heterocycles. The zero-order chi connectivity index (χ0) is 9.68. The second kappa shape index (κ2) is 4.40. The number of allylic oxidation sites excluding steroid dienone is 1. The topological polar surface area (TPSA) is 51.3 Å². The van der Waals surface area contributed by atoms with Gasteiger partial charge in [-0.25, -0.2) is 0 Å². The average Bonchev–Trinajstić information content (AvgIpc) is 2.14. The molecule has 3 heteroatoms. The lowest BCUT2D eigenvalue weighted by atomic mass is 10.2. The van der Waals surface area contributed by atoms with E-state index in [-0.39, 0.29) is 0 Å². The second-order valence-corrected chi connectivity index (χ2v) is 2.63. The maximum absolute atomic E-state index is 5.29. The summed E-state index contributed by atoms with van der Waals surface area (Å²) in [5.74, 6) is 0. The molecule has 0 aliphatic heterocycles. The van der Waals surface area contributed by atoms with E-state index in [4.69, 9.17) is 5.73 Å². The number of nitrogens with zero attached hydrogens (tertiary/aromatic N) is 2. The standard InChI is InChI=1S/C10H13N3/c1-8-4-3-5-10(13-8)9(12-2)6-7-11/h3-7H,11H2,1-2H3. The highest BCUT2D eigenvalue weighted by Crippen LogP contribution is 2.00. The van der Waals surface area contributed by atoms with E-state index in [9.17, 15) is 0 Å². The number of aliphatic imine (C=N–C) groups is 1. The molecule has 1 rings (SSSR count). The summed E-state index contributed by atoms with van der Waals surface area (Å²) >= 11 is 0. The molecule has 1 aromatic rings. The zero-order valence-corrected chi connectivity index (χ0v) is 7.86. The Balaban J connectivity index is 3.06. The van der Waals surface area contributed by atoms with Crippen LogP contribution in [0.25, 0.3) is 0 Å². The monoisotopic (exact) mass is 175 g/mol. The van der Waals surface area contributed by atoms with Crippen molar-refractivity contribution in [2.45, 2.75) is 6.92 Å². The summed E-state index contributed by atoms with van der Waals surface area (Å²) in [7, 11) is 1.72. The molecule has 0 aromatic carbocycles. The van der Waals surface area contributed by atoms with Gasteiger partial charge in [0.15, 0.2) is 0 Å². The molecule has 0 aliphatic carbocycles. The van der Waals surface area contributed by atoms with E-state index in [0.29, 0.717) is 0 Å². The van der Waals surface area contributed by atoms with Crippen molar-refractivity contribution in [2.24, 2.45) is 10.7 Å². The van der Waals surface area contributed by atoms with Crippen LogP contribution in [0.4, 0.5) is 0 Å². The predicted octanol–water partition coefficient (Wildman–Crippen LogP) is 1.28. The molecule has 68 valence electrons. The van der Waals surface area contributed by atoms with Gasteiger partial charge >= 0.3 is 0 Å². The molecule has 0 amide bonds. The molecule has 0 spiro atoms. The van der Waals surface area contributed by atoms with Crippen LogP contribution in [0.1, 0.15) is 11.4 Å². The third kappa shape index (κ3) is 2.40. The van der Waals surface area contributed by atoms with Gasteiger partial charge in [0.1, 0.15) is 0 Å². The van der Waals surface area contributed by atoms with Crippen LogP contribution in [-0.2, 0) is 0 Å². The van der Waals surface area contributed by atoms with E-state index in [0.717, 1.165) is 17.1 Å². The Hall–Kier alpha value is -1.64. The van der Waals surface area contributed by atoms with Crippen LogP contribution in [0.5, 0.6) is 0 Å². The quantitative estimate of drug-likeness (QED) is 0.688. The van der Waals surface area contributed by atoms with Crippen LogP contribution in [-0.4, -0.2) is 17.7 Å². The fraction of sp³-hybridized carbons (Fsp3) is 0.200. The molecule has 0 fully saturated rings. The van der Waals surface area contributed by atoms with Crippen molar-refractivity contribution >= 4 is 5.71 Å². The first-order valence-corrected chi connectivity index (χ1v) is 4.07. The predicted molar refractivity (Wildman–Crippen MR) is 54.8 cm³/mol. The summed E-state index contributed by atoms with van der Waals surface area (Å²) in [6, 6.07) is 5.81. The molecule has 0 radical (unpaired) electrons. The molecule has 3 nitrogen and oxygen atoms in total. The molecule has 0 saturated carbocycles. The van der Waals surface area contributed by atoms with Gasteiger partial charge < -0.3 is 5.73 Å². The van der Waals surface area contributed by atoms with E-state index >= 15 is 0 Å². The maximum Gasteiger partial charge on any atom is 0.0885 e. The lowest BCUT2D eigenvalue weighted by Crippen LogP contribution is -2.01. The number of hydrogen-bond acceptors (Lipinski definition) is 3. The van der Waals surface area contributed by atoms with Crippen molar-refractivity contribution in [3.05, 3.63) is 41.9 Å². The Morgan fingerprint density at radius 2 is 2.31 bits per heavy atom. The molecule has 1 heterocycles. The van der Waals surface area contributed by atoms with Crippen molar-refractivity contribution in [2.75, 3.05) is 7.05 Å². The Morgan fingerprint density at radius 3 is 2.85 bits per heavy atom. The molecule has 0 unspecified atom stereocenters. The van der Waals surface area contributed by atoms with Crippen LogP contribution in [0.15, 0.2) is 35.5 Å². The van der Waals surface area contributed by atoms with Crippen LogP contribution in [0, 0.1) is 6.92 Å². The third-order valence-corrected chi connectivity index (χ3v) is 1.65. The molecule has 1 aromatic heterocycles. The van der Waals surface area contributed by atoms with Crippen molar-refractivity contribution in [1.29, 1.82) is 0 Å². The molecular formula is C10H13N3. The first kappa shape index (κ1) is 9.45. The number of aryl methyl sites for hydroxylation is 1. The van der Waals surface area contributed by atoms with E-state index in [1.54, 1.807) is 13.1 Å². The summed E-state index contributed by atoms with van der Waals surface area (Å²) < 4.78 is 0. The highest BCUT2D eigenvalue weighted by atomic mass is 14.8. The smallest absolute Gasteiger partial charge is 0.0885 e. The molecule has 13 heavy (non-hydrogen) atoms. The van der Waals surface area contributed by atoms with Gasteiger partial charge in [-0.15, -0.1) is 0 Å². The summed E-state index contributed by atoms with van der Waals surface area (Å²) in [6.07, 6.45) is 3.20. The highest BCUT2D eigenvalue weighted by molar-refractivity contribution is 6.07. The lowest BCUT2D eigenvalue weighted by Gasteiger charge is -1.99. The fourth-order valence-corrected chi connectivity index (χ4v) is 1.05. The molecule has 2 N–H and O–H groups in total. The minimum absolute atomic E-state index is 0.797. The minimum atomic E-state index is 0.797. The average molecular weight is 175 g/mol. The number of rotatable bonds is 2. The van der Waals surface area contributed by atoms with Gasteiger partial charge in [-0.05, 0) is 31.3 Å². The number of nitrogens with two attached hydrogens (primary N) is 1. The van der Waals surface area contributed by atoms with Gasteiger partial charge in [0.25, 0.3) is 0 Å². The highest BCUT2D eigenvalue weighted by Gasteiger charge is 1.99. The Bertz CT molecular complexity index is 340. The Labute approximate surface area is 78.0 Å². The Kier molecular flexibility index (Phi) is 3.20. The van der Waals surface area contributed by atoms with Crippen LogP contribution >= 0.6 is 0 Å². The largest absolute Gasteiger partial charge is 0.405 e. The number of pyridine rings is 1. The van der Waals surface area contributed by atoms with Gasteiger partial charge in [0.2, 0.25) is 0 Å². The number of aromatic nitrogens is 1. The normalized spacial score (nSPS) is 12.3. The van der Waals surface area contributed by atoms with Gasteiger partial charge in [0, 0.05) is 12.7 Å². The van der Waals surface area contributed by atoms with Crippen LogP contribution < -0.4 is 5.73 Å². The molecule has 0 bridgehead atoms. The lowest BCUT2D eigenvalue weighted by molar-refractivity contribution is 1.18. The van der Waals surface area contributed by atoms with E-state index in [1.807, 2.05) is 25.1 Å². The van der Waals surface area contributed by atoms with Gasteiger partial charge in [-0.2, -0.15) is 0 Å². The van der Waals surface area contributed by atoms with Crippen molar-refractivity contribution < 1.29 is 0 Å². The number of hydrogen-bond donors (Lipinski definition) is 1. The third-order valence-electron chi connectivity index (χ3n) is 1.65. The first-order valence-electron chi connectivity index (χ1n) is 4.07. The zero-order valence-electron chi connectivity index (χ0n) is 7.86. The summed E-state index contributed by atoms with van der Waals surface area (Å²) in [5, 5.41) is 0. The van der Waals surface area contributed by atoms with Crippen molar-refractivity contribution in [3.8, 4) is 0 Å².